The molecule has 0 spiro atoms. The number of nitrogens with one attached hydrogen (secondary N) is 1. The van der Waals surface area contributed by atoms with E-state index in [1.165, 1.54) is 5.56 Å². The predicted octanol–water partition coefficient (Wildman–Crippen LogP) is -0.386. The van der Waals surface area contributed by atoms with Crippen molar-refractivity contribution in [3.05, 3.63) is 29.8 Å². The van der Waals surface area contributed by atoms with Crippen molar-refractivity contribution in [3.8, 4) is 5.75 Å². The van der Waals surface area contributed by atoms with Crippen LogP contribution in [0.25, 0.3) is 0 Å². The van der Waals surface area contributed by atoms with Gasteiger partial charge in [0.25, 0.3) is 0 Å². The molecule has 130 valence electrons. The summed E-state index contributed by atoms with van der Waals surface area (Å²) in [5.41, 5.74) is 1.26. The number of hydrogen-bond donors (Lipinski definition) is 4. The van der Waals surface area contributed by atoms with Crippen LogP contribution in [0.2, 0.25) is 0 Å². The van der Waals surface area contributed by atoms with Crippen LogP contribution in [0, 0.1) is 0 Å². The molecule has 1 aliphatic heterocycles. The van der Waals surface area contributed by atoms with Gasteiger partial charge in [-0.2, -0.15) is 0 Å². The van der Waals surface area contributed by atoms with E-state index in [2.05, 4.69) is 22.3 Å². The minimum atomic E-state index is -0.894. The predicted molar refractivity (Wildman–Crippen MR) is 88.6 cm³/mol. The van der Waals surface area contributed by atoms with Gasteiger partial charge in [-0.1, -0.05) is 12.1 Å². The first-order chi connectivity index (χ1) is 11.0. The zero-order valence-corrected chi connectivity index (χ0v) is 13.9. The molecular formula is C17H28N2O4. The zero-order chi connectivity index (χ0) is 16.8. The Morgan fingerprint density at radius 2 is 1.74 bits per heavy atom. The van der Waals surface area contributed by atoms with E-state index in [1.807, 2.05) is 19.2 Å². The number of aliphatic hydroxyl groups is 3. The van der Waals surface area contributed by atoms with Crippen LogP contribution in [-0.4, -0.2) is 78.4 Å². The third-order valence-electron chi connectivity index (χ3n) is 4.56. The number of ether oxygens (including phenoxy) is 1. The minimum Gasteiger partial charge on any atom is -0.497 e. The molecule has 6 nitrogen and oxygen atoms in total. The zero-order valence-electron chi connectivity index (χ0n) is 13.9. The Bertz CT molecular complexity index is 468. The Hall–Kier alpha value is -1.18. The molecule has 0 bridgehead atoms. The van der Waals surface area contributed by atoms with Crippen LogP contribution < -0.4 is 10.1 Å². The van der Waals surface area contributed by atoms with E-state index in [1.54, 1.807) is 7.11 Å². The largest absolute Gasteiger partial charge is 0.497 e. The SMILES string of the molecule is COc1ccc(CCN(C)CC[C@H]2N[C@@H](CO)[C@H](O)[C@H]2O)cc1. The van der Waals surface area contributed by atoms with Gasteiger partial charge in [0.15, 0.2) is 0 Å². The fourth-order valence-electron chi connectivity index (χ4n) is 2.95. The fourth-order valence-corrected chi connectivity index (χ4v) is 2.95. The lowest BCUT2D eigenvalue weighted by atomic mass is 10.1. The molecule has 6 heteroatoms. The van der Waals surface area contributed by atoms with Crippen LogP contribution >= 0.6 is 0 Å². The first kappa shape index (κ1) is 18.2. The molecule has 23 heavy (non-hydrogen) atoms. The molecule has 1 aliphatic rings. The standard InChI is InChI=1S/C17H28N2O4/c1-19(9-7-12-3-5-13(23-2)6-4-12)10-8-14-16(21)17(22)15(11-20)18-14/h3-6,14-18,20-22H,7-11H2,1-2H3/t14-,15+,16+,17+/m1/s1. The lowest BCUT2D eigenvalue weighted by Gasteiger charge is -2.21. The van der Waals surface area contributed by atoms with Gasteiger partial charge in [0, 0.05) is 12.6 Å². The van der Waals surface area contributed by atoms with E-state index < -0.39 is 18.2 Å². The van der Waals surface area contributed by atoms with Crippen LogP contribution in [0.3, 0.4) is 0 Å². The summed E-state index contributed by atoms with van der Waals surface area (Å²) in [7, 11) is 3.71. The average Bonchev–Trinajstić information content (AvgIpc) is 2.86. The summed E-state index contributed by atoms with van der Waals surface area (Å²) in [5.74, 6) is 0.861. The highest BCUT2D eigenvalue weighted by atomic mass is 16.5. The number of aliphatic hydroxyl groups excluding tert-OH is 3. The maximum Gasteiger partial charge on any atom is 0.118 e. The molecular weight excluding hydrogens is 296 g/mol. The highest BCUT2D eigenvalue weighted by Gasteiger charge is 2.40. The minimum absolute atomic E-state index is 0.165. The van der Waals surface area contributed by atoms with Crippen LogP contribution in [0.1, 0.15) is 12.0 Å². The second-order valence-electron chi connectivity index (χ2n) is 6.23. The van der Waals surface area contributed by atoms with E-state index in [9.17, 15) is 10.2 Å². The van der Waals surface area contributed by atoms with Crippen LogP contribution in [0.5, 0.6) is 5.75 Å². The van der Waals surface area contributed by atoms with Crippen molar-refractivity contribution >= 4 is 0 Å². The summed E-state index contributed by atoms with van der Waals surface area (Å²) < 4.78 is 5.15. The van der Waals surface area contributed by atoms with Crippen LogP contribution in [0.4, 0.5) is 0 Å². The number of nitrogens with zero attached hydrogens (tertiary/aromatic N) is 1. The topological polar surface area (TPSA) is 85.2 Å². The van der Waals surface area contributed by atoms with Gasteiger partial charge in [0.05, 0.1) is 32.0 Å². The van der Waals surface area contributed by atoms with Crippen molar-refractivity contribution < 1.29 is 20.1 Å². The molecule has 2 rings (SSSR count). The molecule has 0 aliphatic carbocycles. The first-order valence-electron chi connectivity index (χ1n) is 8.09. The number of benzene rings is 1. The Labute approximate surface area is 137 Å². The van der Waals surface area contributed by atoms with Crippen molar-refractivity contribution in [1.29, 1.82) is 0 Å². The lowest BCUT2D eigenvalue weighted by molar-refractivity contribution is 0.0180. The molecule has 0 aromatic heterocycles. The van der Waals surface area contributed by atoms with Crippen molar-refractivity contribution in [3.63, 3.8) is 0 Å². The Morgan fingerprint density at radius 1 is 1.09 bits per heavy atom. The molecule has 1 aromatic carbocycles. The van der Waals surface area contributed by atoms with Gasteiger partial charge in [0.1, 0.15) is 5.75 Å². The highest BCUT2D eigenvalue weighted by Crippen LogP contribution is 2.17. The second-order valence-corrected chi connectivity index (χ2v) is 6.23. The summed E-state index contributed by atoms with van der Waals surface area (Å²) in [6.45, 7) is 1.57. The summed E-state index contributed by atoms with van der Waals surface area (Å²) in [6.07, 6.45) is -0.0339. The number of likely N-dealkylation sites (N-methyl/N-ethyl adjacent to an activating group) is 1. The Balaban J connectivity index is 1.71. The summed E-state index contributed by atoms with van der Waals surface area (Å²) in [6, 6.07) is 7.45. The molecule has 0 radical (unpaired) electrons. The lowest BCUT2D eigenvalue weighted by Crippen LogP contribution is -2.37. The third kappa shape index (κ3) is 4.89. The second kappa shape index (κ2) is 8.61. The van der Waals surface area contributed by atoms with Gasteiger partial charge in [-0.05, 0) is 44.1 Å². The van der Waals surface area contributed by atoms with E-state index >= 15 is 0 Å². The normalized spacial score (nSPS) is 27.6. The summed E-state index contributed by atoms with van der Waals surface area (Å²) in [4.78, 5) is 2.21. The molecule has 0 amide bonds. The molecule has 1 fully saturated rings. The molecule has 0 saturated carbocycles. The van der Waals surface area contributed by atoms with Gasteiger partial charge in [-0.25, -0.2) is 0 Å². The maximum absolute atomic E-state index is 9.98. The molecule has 1 heterocycles. The number of methoxy groups -OCH3 is 1. The van der Waals surface area contributed by atoms with E-state index in [-0.39, 0.29) is 12.6 Å². The molecule has 4 atom stereocenters. The fraction of sp³-hybridized carbons (Fsp3) is 0.647. The van der Waals surface area contributed by atoms with Crippen molar-refractivity contribution in [2.45, 2.75) is 37.1 Å². The molecule has 0 unspecified atom stereocenters. The maximum atomic E-state index is 9.98. The highest BCUT2D eigenvalue weighted by molar-refractivity contribution is 5.27. The van der Waals surface area contributed by atoms with E-state index in [0.717, 1.165) is 31.7 Å². The Morgan fingerprint density at radius 3 is 2.30 bits per heavy atom. The van der Waals surface area contributed by atoms with Gasteiger partial charge >= 0.3 is 0 Å². The van der Waals surface area contributed by atoms with Crippen LogP contribution in [0.15, 0.2) is 24.3 Å². The number of hydrogen-bond acceptors (Lipinski definition) is 6. The van der Waals surface area contributed by atoms with Gasteiger partial charge in [-0.15, -0.1) is 0 Å². The smallest absolute Gasteiger partial charge is 0.118 e. The third-order valence-corrected chi connectivity index (χ3v) is 4.56. The van der Waals surface area contributed by atoms with Crippen molar-refractivity contribution in [2.24, 2.45) is 0 Å². The molecule has 1 saturated heterocycles. The van der Waals surface area contributed by atoms with Gasteiger partial charge in [-0.3, -0.25) is 0 Å². The first-order valence-corrected chi connectivity index (χ1v) is 8.09. The van der Waals surface area contributed by atoms with Crippen molar-refractivity contribution in [1.82, 2.24) is 10.2 Å². The van der Waals surface area contributed by atoms with E-state index in [0.29, 0.717) is 0 Å². The summed E-state index contributed by atoms with van der Waals surface area (Å²) >= 11 is 0. The quantitative estimate of drug-likeness (QED) is 0.521. The summed E-state index contributed by atoms with van der Waals surface area (Å²) in [5, 5.41) is 32.0. The van der Waals surface area contributed by atoms with Crippen LogP contribution in [-0.2, 0) is 6.42 Å². The average molecular weight is 324 g/mol. The van der Waals surface area contributed by atoms with Gasteiger partial charge < -0.3 is 30.3 Å². The Kier molecular flexibility index (Phi) is 6.80. The van der Waals surface area contributed by atoms with E-state index in [4.69, 9.17) is 9.84 Å². The molecule has 1 aromatic rings. The van der Waals surface area contributed by atoms with Crippen molar-refractivity contribution in [2.75, 3.05) is 33.9 Å². The monoisotopic (exact) mass is 324 g/mol. The molecule has 4 N–H and O–H groups in total. The van der Waals surface area contributed by atoms with Gasteiger partial charge in [0.2, 0.25) is 0 Å². The number of rotatable bonds is 8.